The Morgan fingerprint density at radius 3 is 1.92 bits per heavy atom. The molecular weight excluding hydrogens is 146 g/mol. The first-order valence-electron chi connectivity index (χ1n) is 5.07. The molecule has 1 heteroatoms. The summed E-state index contributed by atoms with van der Waals surface area (Å²) >= 11 is 0. The molecule has 3 rings (SSSR count). The number of hydrogen-bond acceptors (Lipinski definition) is 1. The summed E-state index contributed by atoms with van der Waals surface area (Å²) in [5, 5.41) is 0. The van der Waals surface area contributed by atoms with Crippen LogP contribution in [0.2, 0.25) is 0 Å². The molecular formula is C11H19N. The van der Waals surface area contributed by atoms with Crippen molar-refractivity contribution >= 4 is 0 Å². The minimum Gasteiger partial charge on any atom is -0.327 e. The summed E-state index contributed by atoms with van der Waals surface area (Å²) in [4.78, 5) is 0. The summed E-state index contributed by atoms with van der Waals surface area (Å²) in [6.07, 6.45) is 4.74. The number of allylic oxidation sites excluding steroid dienone is 1. The Bertz CT molecular complexity index is 171. The Hall–Kier alpha value is -0.300. The van der Waals surface area contributed by atoms with Crippen molar-refractivity contribution in [2.75, 3.05) is 0 Å². The fourth-order valence-corrected chi connectivity index (χ4v) is 3.05. The summed E-state index contributed by atoms with van der Waals surface area (Å²) in [6, 6.07) is 0.409. The maximum atomic E-state index is 6.16. The highest BCUT2D eigenvalue weighted by molar-refractivity contribution is 5.14. The van der Waals surface area contributed by atoms with Gasteiger partial charge >= 0.3 is 0 Å². The van der Waals surface area contributed by atoms with Crippen LogP contribution in [0.25, 0.3) is 0 Å². The van der Waals surface area contributed by atoms with Gasteiger partial charge in [-0.25, -0.2) is 0 Å². The minimum atomic E-state index is 0.409. The molecule has 1 fully saturated rings. The highest BCUT2D eigenvalue weighted by Crippen LogP contribution is 2.46. The van der Waals surface area contributed by atoms with Crippen molar-refractivity contribution in [3.63, 3.8) is 0 Å². The predicted molar refractivity (Wildman–Crippen MR) is 51.6 cm³/mol. The molecule has 2 N–H and O–H groups in total. The zero-order valence-corrected chi connectivity index (χ0v) is 8.20. The molecule has 0 aromatic carbocycles. The van der Waals surface area contributed by atoms with Crippen LogP contribution >= 0.6 is 0 Å². The van der Waals surface area contributed by atoms with Crippen LogP contribution in [0.15, 0.2) is 12.2 Å². The largest absolute Gasteiger partial charge is 0.327 e. The summed E-state index contributed by atoms with van der Waals surface area (Å²) in [5.74, 6) is 3.67. The lowest BCUT2D eigenvalue weighted by Gasteiger charge is -2.49. The molecule has 12 heavy (non-hydrogen) atoms. The fraction of sp³-hybridized carbons (Fsp3) is 0.818. The van der Waals surface area contributed by atoms with Crippen LogP contribution in [0, 0.1) is 29.6 Å². The number of hydrogen-bond donors (Lipinski definition) is 1. The molecule has 1 saturated carbocycles. The van der Waals surface area contributed by atoms with Crippen molar-refractivity contribution in [3.05, 3.63) is 12.2 Å². The summed E-state index contributed by atoms with van der Waals surface area (Å²) < 4.78 is 0. The Balaban J connectivity index is 2.32. The van der Waals surface area contributed by atoms with E-state index in [0.717, 1.165) is 17.8 Å². The summed E-state index contributed by atoms with van der Waals surface area (Å²) in [6.45, 7) is 7.01. The second kappa shape index (κ2) is 2.59. The van der Waals surface area contributed by atoms with Gasteiger partial charge in [-0.2, -0.15) is 0 Å². The fourth-order valence-electron chi connectivity index (χ4n) is 3.05. The van der Waals surface area contributed by atoms with E-state index in [1.807, 2.05) is 0 Å². The summed E-state index contributed by atoms with van der Waals surface area (Å²) in [7, 11) is 0. The molecule has 0 aromatic heterocycles. The second-order valence-corrected chi connectivity index (χ2v) is 4.69. The van der Waals surface area contributed by atoms with Gasteiger partial charge in [-0.15, -0.1) is 0 Å². The smallest absolute Gasteiger partial charge is 0.0136 e. The average Bonchev–Trinajstić information content (AvgIpc) is 2.05. The van der Waals surface area contributed by atoms with E-state index in [1.54, 1.807) is 0 Å². The highest BCUT2D eigenvalue weighted by Gasteiger charge is 2.44. The first-order valence-corrected chi connectivity index (χ1v) is 5.07. The zero-order valence-electron chi connectivity index (χ0n) is 8.20. The van der Waals surface area contributed by atoms with E-state index >= 15 is 0 Å². The normalized spacial score (nSPS) is 57.7. The van der Waals surface area contributed by atoms with Crippen LogP contribution in [0.4, 0.5) is 0 Å². The molecule has 6 atom stereocenters. The Morgan fingerprint density at radius 1 is 0.833 bits per heavy atom. The van der Waals surface area contributed by atoms with Crippen LogP contribution in [0.5, 0.6) is 0 Å². The first kappa shape index (κ1) is 8.31. The first-order chi connectivity index (χ1) is 5.63. The molecule has 0 aromatic rings. The molecule has 3 aliphatic carbocycles. The number of nitrogens with two attached hydrogens (primary N) is 1. The quantitative estimate of drug-likeness (QED) is 0.546. The SMILES string of the molecule is CC1C(C)C2C=CC1C(C)C2N. The van der Waals surface area contributed by atoms with Gasteiger partial charge in [0, 0.05) is 6.04 Å². The maximum absolute atomic E-state index is 6.16. The van der Waals surface area contributed by atoms with E-state index in [0.29, 0.717) is 17.9 Å². The standard InChI is InChI=1S/C11H19N/c1-6-7(2)10-5-4-9(6)8(3)11(10)12/h4-11H,12H2,1-3H3. The predicted octanol–water partition coefficient (Wildman–Crippen LogP) is 2.04. The molecule has 2 bridgehead atoms. The third-order valence-corrected chi connectivity index (χ3v) is 4.26. The van der Waals surface area contributed by atoms with Crippen molar-refractivity contribution in [2.24, 2.45) is 35.3 Å². The molecule has 0 saturated heterocycles. The number of rotatable bonds is 0. The molecule has 0 radical (unpaired) electrons. The third kappa shape index (κ3) is 0.891. The van der Waals surface area contributed by atoms with Gasteiger partial charge in [0.1, 0.15) is 0 Å². The Labute approximate surface area is 75.0 Å². The Kier molecular flexibility index (Phi) is 1.80. The van der Waals surface area contributed by atoms with Crippen molar-refractivity contribution in [2.45, 2.75) is 26.8 Å². The molecule has 3 aliphatic rings. The highest BCUT2D eigenvalue weighted by atomic mass is 14.7. The van der Waals surface area contributed by atoms with Gasteiger partial charge in [-0.1, -0.05) is 32.9 Å². The second-order valence-electron chi connectivity index (χ2n) is 4.69. The maximum Gasteiger partial charge on any atom is 0.0136 e. The third-order valence-electron chi connectivity index (χ3n) is 4.26. The lowest BCUT2D eigenvalue weighted by atomic mass is 9.57. The topological polar surface area (TPSA) is 26.0 Å². The average molecular weight is 165 g/mol. The van der Waals surface area contributed by atoms with Crippen molar-refractivity contribution in [1.29, 1.82) is 0 Å². The van der Waals surface area contributed by atoms with Gasteiger partial charge in [-0.3, -0.25) is 0 Å². The molecule has 0 amide bonds. The minimum absolute atomic E-state index is 0.409. The zero-order chi connectivity index (χ0) is 8.88. The molecule has 6 unspecified atom stereocenters. The lowest BCUT2D eigenvalue weighted by Crippen LogP contribution is -2.52. The van der Waals surface area contributed by atoms with Crippen LogP contribution in [-0.4, -0.2) is 6.04 Å². The van der Waals surface area contributed by atoms with Crippen LogP contribution in [-0.2, 0) is 0 Å². The van der Waals surface area contributed by atoms with E-state index in [9.17, 15) is 0 Å². The van der Waals surface area contributed by atoms with Crippen molar-refractivity contribution in [1.82, 2.24) is 0 Å². The molecule has 1 nitrogen and oxygen atoms in total. The Morgan fingerprint density at radius 2 is 1.33 bits per heavy atom. The van der Waals surface area contributed by atoms with Gasteiger partial charge in [0.05, 0.1) is 0 Å². The van der Waals surface area contributed by atoms with Gasteiger partial charge in [0.25, 0.3) is 0 Å². The number of fused-ring (bicyclic) bond motifs is 2. The molecule has 0 spiro atoms. The lowest BCUT2D eigenvalue weighted by molar-refractivity contribution is 0.0756. The van der Waals surface area contributed by atoms with Crippen LogP contribution in [0.3, 0.4) is 0 Å². The van der Waals surface area contributed by atoms with Gasteiger partial charge < -0.3 is 5.73 Å². The molecule has 0 heterocycles. The van der Waals surface area contributed by atoms with Crippen LogP contribution < -0.4 is 5.73 Å². The van der Waals surface area contributed by atoms with Gasteiger partial charge in [-0.05, 0) is 29.6 Å². The van der Waals surface area contributed by atoms with Gasteiger partial charge in [0.15, 0.2) is 0 Å². The van der Waals surface area contributed by atoms with E-state index < -0.39 is 0 Å². The molecule has 68 valence electrons. The van der Waals surface area contributed by atoms with E-state index in [-0.39, 0.29) is 0 Å². The monoisotopic (exact) mass is 165 g/mol. The molecule has 0 aliphatic heterocycles. The summed E-state index contributed by atoms with van der Waals surface area (Å²) in [5.41, 5.74) is 6.16. The van der Waals surface area contributed by atoms with Crippen molar-refractivity contribution < 1.29 is 0 Å². The van der Waals surface area contributed by atoms with E-state index in [1.165, 1.54) is 0 Å². The van der Waals surface area contributed by atoms with E-state index in [4.69, 9.17) is 5.73 Å². The van der Waals surface area contributed by atoms with Gasteiger partial charge in [0.2, 0.25) is 0 Å². The van der Waals surface area contributed by atoms with Crippen LogP contribution in [0.1, 0.15) is 20.8 Å². The van der Waals surface area contributed by atoms with E-state index in [2.05, 4.69) is 32.9 Å². The van der Waals surface area contributed by atoms with Crippen molar-refractivity contribution in [3.8, 4) is 0 Å².